The average molecular weight is 230 g/mol. The Hall–Kier alpha value is -1.26. The zero-order valence-corrected chi connectivity index (χ0v) is 9.95. The number of aliphatic carboxylic acids is 1. The number of hydrogen-bond donors (Lipinski definition) is 1. The van der Waals surface area contributed by atoms with Crippen LogP contribution >= 0.6 is 0 Å². The summed E-state index contributed by atoms with van der Waals surface area (Å²) in [5, 5.41) is 9.21. The third-order valence-corrected chi connectivity index (χ3v) is 2.50. The van der Waals surface area contributed by atoms with E-state index < -0.39 is 23.2 Å². The van der Waals surface area contributed by atoms with Gasteiger partial charge in [0.25, 0.3) is 0 Å². The molecule has 1 atom stereocenters. The van der Waals surface area contributed by atoms with Crippen molar-refractivity contribution in [3.8, 4) is 0 Å². The molecule has 1 saturated heterocycles. The highest BCUT2D eigenvalue weighted by Gasteiger charge is 2.47. The zero-order chi connectivity index (χ0) is 13.3. The summed E-state index contributed by atoms with van der Waals surface area (Å²) in [5.41, 5.74) is -2.08. The monoisotopic (exact) mass is 230 g/mol. The molecule has 0 unspecified atom stereocenters. The molecule has 0 saturated carbocycles. The van der Waals surface area contributed by atoms with Crippen molar-refractivity contribution in [2.75, 3.05) is 6.54 Å². The minimum atomic E-state index is -1.41. The fourth-order valence-electron chi connectivity index (χ4n) is 1.68. The van der Waals surface area contributed by atoms with E-state index in [2.05, 4.69) is 0 Å². The van der Waals surface area contributed by atoms with Gasteiger partial charge in [0.2, 0.25) is 0 Å². The van der Waals surface area contributed by atoms with Crippen molar-refractivity contribution in [2.45, 2.75) is 51.7 Å². The molecule has 0 spiro atoms. The summed E-state index contributed by atoms with van der Waals surface area (Å²) >= 11 is 0. The molecule has 1 aliphatic rings. The van der Waals surface area contributed by atoms with Gasteiger partial charge in [0, 0.05) is 7.92 Å². The van der Waals surface area contributed by atoms with Crippen molar-refractivity contribution in [3.05, 3.63) is 0 Å². The Bertz CT molecular complexity index is 326. The molecule has 0 aliphatic carbocycles. The zero-order valence-electron chi connectivity index (χ0n) is 10.9. The Labute approximate surface area is 96.8 Å². The molecule has 1 aliphatic heterocycles. The molecule has 0 bridgehead atoms. The normalized spacial score (nSPS) is 26.4. The van der Waals surface area contributed by atoms with E-state index in [1.54, 1.807) is 20.8 Å². The van der Waals surface area contributed by atoms with E-state index in [0.717, 1.165) is 0 Å². The van der Waals surface area contributed by atoms with Crippen molar-refractivity contribution in [1.82, 2.24) is 4.90 Å². The molecule has 5 nitrogen and oxygen atoms in total. The summed E-state index contributed by atoms with van der Waals surface area (Å²) < 4.78 is 12.6. The summed E-state index contributed by atoms with van der Waals surface area (Å²) in [6, 6.07) is 0. The van der Waals surface area contributed by atoms with Gasteiger partial charge in [0.15, 0.2) is 0 Å². The van der Waals surface area contributed by atoms with Crippen molar-refractivity contribution >= 4 is 12.1 Å². The Morgan fingerprint density at radius 1 is 1.50 bits per heavy atom. The Morgan fingerprint density at radius 3 is 2.56 bits per heavy atom. The standard InChI is InChI=1S/C11H19NO4/c1-10(2,3)16-9(15)12-7-5-6-11(12,4)8(13)14/h5-7H2,1-4H3,(H,13,14)/t11-/m0/s1/i4D. The lowest BCUT2D eigenvalue weighted by atomic mass is 10.00. The molecule has 1 rings (SSSR count). The molecule has 1 N–H and O–H groups in total. The highest BCUT2D eigenvalue weighted by atomic mass is 16.6. The van der Waals surface area contributed by atoms with Crippen LogP contribution in [0.5, 0.6) is 0 Å². The number of hydrogen-bond acceptors (Lipinski definition) is 3. The molecule has 0 aromatic rings. The van der Waals surface area contributed by atoms with Gasteiger partial charge in [-0.15, -0.1) is 0 Å². The fourth-order valence-corrected chi connectivity index (χ4v) is 1.68. The van der Waals surface area contributed by atoms with Gasteiger partial charge in [-0.05, 0) is 40.5 Å². The predicted molar refractivity (Wildman–Crippen MR) is 58.2 cm³/mol. The quantitative estimate of drug-likeness (QED) is 0.746. The first-order valence-electron chi connectivity index (χ1n) is 5.97. The minimum Gasteiger partial charge on any atom is -0.480 e. The maximum absolute atomic E-state index is 11.9. The topological polar surface area (TPSA) is 66.8 Å². The van der Waals surface area contributed by atoms with Crippen molar-refractivity contribution in [2.24, 2.45) is 0 Å². The van der Waals surface area contributed by atoms with Crippen LogP contribution in [0.25, 0.3) is 0 Å². The van der Waals surface area contributed by atoms with Crippen molar-refractivity contribution in [1.29, 1.82) is 0 Å². The van der Waals surface area contributed by atoms with Gasteiger partial charge in [-0.25, -0.2) is 9.59 Å². The number of likely N-dealkylation sites (tertiary alicyclic amines) is 1. The molecule has 1 fully saturated rings. The maximum atomic E-state index is 11.9. The average Bonchev–Trinajstić information content (AvgIpc) is 2.59. The lowest BCUT2D eigenvalue weighted by Crippen LogP contribution is -2.52. The molecule has 1 amide bonds. The highest BCUT2D eigenvalue weighted by molar-refractivity contribution is 5.84. The van der Waals surface area contributed by atoms with Crippen LogP contribution in [0.15, 0.2) is 0 Å². The van der Waals surface area contributed by atoms with Gasteiger partial charge in [-0.3, -0.25) is 4.90 Å². The van der Waals surface area contributed by atoms with Gasteiger partial charge < -0.3 is 9.84 Å². The highest BCUT2D eigenvalue weighted by Crippen LogP contribution is 2.30. The van der Waals surface area contributed by atoms with Crippen LogP contribution in [0, 0.1) is 0 Å². The minimum absolute atomic E-state index is 0.311. The molecule has 16 heavy (non-hydrogen) atoms. The number of rotatable bonds is 1. The third-order valence-electron chi connectivity index (χ3n) is 2.50. The van der Waals surface area contributed by atoms with Gasteiger partial charge in [0.1, 0.15) is 11.1 Å². The summed E-state index contributed by atoms with van der Waals surface area (Å²) in [4.78, 5) is 24.3. The summed E-state index contributed by atoms with van der Waals surface area (Å²) in [7, 11) is 0. The number of nitrogens with zero attached hydrogens (tertiary/aromatic N) is 1. The van der Waals surface area contributed by atoms with E-state index in [4.69, 9.17) is 6.11 Å². The van der Waals surface area contributed by atoms with Gasteiger partial charge in [-0.2, -0.15) is 0 Å². The smallest absolute Gasteiger partial charge is 0.411 e. The lowest BCUT2D eigenvalue weighted by molar-refractivity contribution is -0.148. The molecule has 0 radical (unpaired) electrons. The van der Waals surface area contributed by atoms with E-state index in [1.165, 1.54) is 4.90 Å². The maximum Gasteiger partial charge on any atom is 0.411 e. The van der Waals surface area contributed by atoms with Crippen LogP contribution in [0.2, 0.25) is 0 Å². The lowest BCUT2D eigenvalue weighted by Gasteiger charge is -2.32. The second kappa shape index (κ2) is 3.96. The fraction of sp³-hybridized carbons (Fsp3) is 0.818. The molecular weight excluding hydrogens is 210 g/mol. The summed E-state index contributed by atoms with van der Waals surface area (Å²) in [6.07, 6.45) is 0.250. The Balaban J connectivity index is 2.89. The molecule has 92 valence electrons. The molecule has 0 aromatic heterocycles. The van der Waals surface area contributed by atoms with Crippen LogP contribution in [0.4, 0.5) is 4.79 Å². The Morgan fingerprint density at radius 2 is 2.12 bits per heavy atom. The van der Waals surface area contributed by atoms with E-state index >= 15 is 0 Å². The van der Waals surface area contributed by atoms with E-state index in [9.17, 15) is 14.7 Å². The Kier molecular flexibility index (Phi) is 2.78. The number of amides is 1. The first-order chi connectivity index (χ1) is 7.73. The van der Waals surface area contributed by atoms with E-state index in [1.807, 2.05) is 0 Å². The number of carboxylic acids is 1. The third kappa shape index (κ3) is 2.46. The van der Waals surface area contributed by atoms with Crippen LogP contribution in [-0.4, -0.2) is 39.8 Å². The van der Waals surface area contributed by atoms with Gasteiger partial charge >= 0.3 is 12.1 Å². The first-order valence-corrected chi connectivity index (χ1v) is 5.26. The summed E-state index contributed by atoms with van der Waals surface area (Å²) in [6.45, 7) is 5.17. The number of carbonyl (C=O) groups excluding carboxylic acids is 1. The molecule has 1 heterocycles. The number of ether oxygens (including phenoxy) is 1. The van der Waals surface area contributed by atoms with Crippen LogP contribution < -0.4 is 0 Å². The summed E-state index contributed by atoms with van der Waals surface area (Å²) in [5.74, 6) is -1.13. The van der Waals surface area contributed by atoms with Crippen LogP contribution in [0.1, 0.15) is 41.9 Å². The van der Waals surface area contributed by atoms with Crippen LogP contribution in [0.3, 0.4) is 0 Å². The SMILES string of the molecule is [2H]C[C@@]1(C(=O)O)CCCN1C(=O)OC(C)(C)C. The molecule has 5 heteroatoms. The molecular formula is C11H19NO4. The molecule has 0 aromatic carbocycles. The second-order valence-electron chi connectivity index (χ2n) is 5.07. The van der Waals surface area contributed by atoms with E-state index in [-0.39, 0.29) is 6.90 Å². The van der Waals surface area contributed by atoms with Gasteiger partial charge in [0.05, 0.1) is 0 Å². The number of carboxylic acid groups (broad SMARTS) is 1. The largest absolute Gasteiger partial charge is 0.480 e. The van der Waals surface area contributed by atoms with Crippen LogP contribution in [-0.2, 0) is 9.53 Å². The predicted octanol–water partition coefficient (Wildman–Crippen LogP) is 1.86. The van der Waals surface area contributed by atoms with E-state index in [0.29, 0.717) is 19.4 Å². The first kappa shape index (κ1) is 11.2. The van der Waals surface area contributed by atoms with Crippen molar-refractivity contribution < 1.29 is 20.8 Å². The number of carbonyl (C=O) groups is 2. The second-order valence-corrected chi connectivity index (χ2v) is 5.07. The van der Waals surface area contributed by atoms with Crippen molar-refractivity contribution in [3.63, 3.8) is 0 Å². The van der Waals surface area contributed by atoms with Gasteiger partial charge in [-0.1, -0.05) is 0 Å².